The van der Waals surface area contributed by atoms with Crippen molar-refractivity contribution in [2.45, 2.75) is 6.42 Å². The van der Waals surface area contributed by atoms with Crippen molar-refractivity contribution >= 4 is 5.69 Å². The Balaban J connectivity index is 2.34. The molecular formula is C15H17NO. The van der Waals surface area contributed by atoms with Gasteiger partial charge in [-0.05, 0) is 23.3 Å². The number of benzene rings is 2. The van der Waals surface area contributed by atoms with E-state index in [4.69, 9.17) is 0 Å². The Morgan fingerprint density at radius 2 is 1.47 bits per heavy atom. The van der Waals surface area contributed by atoms with Crippen molar-refractivity contribution < 1.29 is 5.11 Å². The van der Waals surface area contributed by atoms with E-state index in [2.05, 4.69) is 17.0 Å². The van der Waals surface area contributed by atoms with Crippen molar-refractivity contribution in [1.29, 1.82) is 0 Å². The molecule has 0 unspecified atom stereocenters. The minimum Gasteiger partial charge on any atom is -0.508 e. The summed E-state index contributed by atoms with van der Waals surface area (Å²) in [6.45, 7) is 0. The van der Waals surface area contributed by atoms with Crippen LogP contribution in [0, 0.1) is 0 Å². The van der Waals surface area contributed by atoms with Crippen LogP contribution in [0.3, 0.4) is 0 Å². The maximum atomic E-state index is 9.79. The molecular weight excluding hydrogens is 210 g/mol. The fourth-order valence-electron chi connectivity index (χ4n) is 1.96. The zero-order valence-electron chi connectivity index (χ0n) is 10.2. The lowest BCUT2D eigenvalue weighted by molar-refractivity contribution is 0.469. The molecule has 2 aromatic carbocycles. The van der Waals surface area contributed by atoms with Crippen LogP contribution >= 0.6 is 0 Å². The van der Waals surface area contributed by atoms with Gasteiger partial charge in [0, 0.05) is 26.2 Å². The summed E-state index contributed by atoms with van der Waals surface area (Å²) in [6.07, 6.45) is 0.751. The van der Waals surface area contributed by atoms with Gasteiger partial charge in [0.2, 0.25) is 0 Å². The quantitative estimate of drug-likeness (QED) is 0.871. The normalized spacial score (nSPS) is 10.2. The van der Waals surface area contributed by atoms with Crippen molar-refractivity contribution in [2.75, 3.05) is 19.0 Å². The van der Waals surface area contributed by atoms with E-state index >= 15 is 0 Å². The Bertz CT molecular complexity index is 506. The lowest BCUT2D eigenvalue weighted by Gasteiger charge is -2.17. The van der Waals surface area contributed by atoms with Crippen molar-refractivity contribution in [3.8, 4) is 5.75 Å². The lowest BCUT2D eigenvalue weighted by atomic mass is 10.0. The molecule has 0 bridgehead atoms. The van der Waals surface area contributed by atoms with Crippen LogP contribution in [0.25, 0.3) is 0 Å². The minimum absolute atomic E-state index is 0.362. The predicted molar refractivity (Wildman–Crippen MR) is 71.7 cm³/mol. The van der Waals surface area contributed by atoms with Crippen LogP contribution in [0.5, 0.6) is 5.75 Å². The molecule has 0 aromatic heterocycles. The third-order valence-electron chi connectivity index (χ3n) is 2.85. The molecule has 2 rings (SSSR count). The summed E-state index contributed by atoms with van der Waals surface area (Å²) in [5.41, 5.74) is 3.37. The van der Waals surface area contributed by atoms with Gasteiger partial charge in [-0.1, -0.05) is 36.4 Å². The Morgan fingerprint density at radius 1 is 0.882 bits per heavy atom. The van der Waals surface area contributed by atoms with Gasteiger partial charge in [0.25, 0.3) is 0 Å². The largest absolute Gasteiger partial charge is 0.508 e. The molecule has 2 aromatic rings. The highest BCUT2D eigenvalue weighted by atomic mass is 16.3. The number of hydrogen-bond donors (Lipinski definition) is 1. The summed E-state index contributed by atoms with van der Waals surface area (Å²) in [4.78, 5) is 2.09. The molecule has 1 N–H and O–H groups in total. The van der Waals surface area contributed by atoms with E-state index in [-0.39, 0.29) is 0 Å². The van der Waals surface area contributed by atoms with Gasteiger partial charge < -0.3 is 10.0 Å². The third kappa shape index (κ3) is 2.59. The molecule has 0 aliphatic heterocycles. The van der Waals surface area contributed by atoms with Gasteiger partial charge in [-0.2, -0.15) is 0 Å². The lowest BCUT2D eigenvalue weighted by Crippen LogP contribution is -2.11. The van der Waals surface area contributed by atoms with Gasteiger partial charge in [-0.25, -0.2) is 0 Å². The molecule has 88 valence electrons. The smallest absolute Gasteiger partial charge is 0.119 e. The highest BCUT2D eigenvalue weighted by Crippen LogP contribution is 2.25. The predicted octanol–water partition coefficient (Wildman–Crippen LogP) is 3.05. The van der Waals surface area contributed by atoms with Crippen LogP contribution in [0.1, 0.15) is 11.1 Å². The second-order valence-electron chi connectivity index (χ2n) is 4.33. The first-order valence-electron chi connectivity index (χ1n) is 5.70. The van der Waals surface area contributed by atoms with E-state index in [1.54, 1.807) is 6.07 Å². The van der Waals surface area contributed by atoms with Crippen molar-refractivity contribution in [3.05, 3.63) is 59.7 Å². The van der Waals surface area contributed by atoms with E-state index in [1.165, 1.54) is 11.3 Å². The average molecular weight is 227 g/mol. The first-order valence-corrected chi connectivity index (χ1v) is 5.70. The fraction of sp³-hybridized carbons (Fsp3) is 0.200. The van der Waals surface area contributed by atoms with Crippen LogP contribution in [0.15, 0.2) is 48.5 Å². The summed E-state index contributed by atoms with van der Waals surface area (Å²) >= 11 is 0. The van der Waals surface area contributed by atoms with E-state index in [9.17, 15) is 5.11 Å². The van der Waals surface area contributed by atoms with Crippen LogP contribution in [-0.4, -0.2) is 19.2 Å². The molecule has 2 nitrogen and oxygen atoms in total. The zero-order chi connectivity index (χ0) is 12.3. The molecule has 0 atom stereocenters. The maximum absolute atomic E-state index is 9.79. The van der Waals surface area contributed by atoms with Crippen LogP contribution < -0.4 is 4.90 Å². The molecule has 0 radical (unpaired) electrons. The van der Waals surface area contributed by atoms with E-state index in [0.29, 0.717) is 5.75 Å². The molecule has 0 amide bonds. The molecule has 0 saturated carbocycles. The van der Waals surface area contributed by atoms with Crippen molar-refractivity contribution in [3.63, 3.8) is 0 Å². The average Bonchev–Trinajstić information content (AvgIpc) is 2.32. The minimum atomic E-state index is 0.362. The summed E-state index contributed by atoms with van der Waals surface area (Å²) in [7, 11) is 4.06. The molecule has 2 heteroatoms. The number of anilines is 1. The number of rotatable bonds is 3. The van der Waals surface area contributed by atoms with E-state index < -0.39 is 0 Å². The number of aromatic hydroxyl groups is 1. The molecule has 17 heavy (non-hydrogen) atoms. The standard InChI is InChI=1S/C15H17NO/c1-16(2)14-9-5-3-7-12(14)11-13-8-4-6-10-15(13)17/h3-10,17H,11H2,1-2H3. The Kier molecular flexibility index (Phi) is 3.33. The SMILES string of the molecule is CN(C)c1ccccc1Cc1ccccc1O. The highest BCUT2D eigenvalue weighted by Gasteiger charge is 2.06. The first-order chi connectivity index (χ1) is 8.18. The van der Waals surface area contributed by atoms with E-state index in [0.717, 1.165) is 12.0 Å². The third-order valence-corrected chi connectivity index (χ3v) is 2.85. The summed E-state index contributed by atoms with van der Waals surface area (Å²) in [5, 5.41) is 9.79. The van der Waals surface area contributed by atoms with Gasteiger partial charge in [-0.15, -0.1) is 0 Å². The molecule has 0 spiro atoms. The molecule has 0 saturated heterocycles. The van der Waals surface area contributed by atoms with Gasteiger partial charge in [-0.3, -0.25) is 0 Å². The van der Waals surface area contributed by atoms with Crippen molar-refractivity contribution in [1.82, 2.24) is 0 Å². The molecule has 0 aliphatic rings. The van der Waals surface area contributed by atoms with Gasteiger partial charge >= 0.3 is 0 Å². The zero-order valence-corrected chi connectivity index (χ0v) is 10.2. The van der Waals surface area contributed by atoms with Crippen LogP contribution in [0.2, 0.25) is 0 Å². The highest BCUT2D eigenvalue weighted by molar-refractivity contribution is 5.54. The second kappa shape index (κ2) is 4.91. The monoisotopic (exact) mass is 227 g/mol. The summed E-state index contributed by atoms with van der Waals surface area (Å²) < 4.78 is 0. The number of para-hydroxylation sites is 2. The van der Waals surface area contributed by atoms with Gasteiger partial charge in [0.05, 0.1) is 0 Å². The Hall–Kier alpha value is -1.96. The Labute approximate surface area is 102 Å². The fourth-order valence-corrected chi connectivity index (χ4v) is 1.96. The number of nitrogens with zero attached hydrogens (tertiary/aromatic N) is 1. The topological polar surface area (TPSA) is 23.5 Å². The second-order valence-corrected chi connectivity index (χ2v) is 4.33. The number of phenolic OH excluding ortho intramolecular Hbond substituents is 1. The number of phenols is 1. The summed E-state index contributed by atoms with van der Waals surface area (Å²) in [6, 6.07) is 15.7. The Morgan fingerprint density at radius 3 is 2.12 bits per heavy atom. The van der Waals surface area contributed by atoms with Crippen LogP contribution in [0.4, 0.5) is 5.69 Å². The molecule has 0 fully saturated rings. The molecule has 0 aliphatic carbocycles. The molecule has 0 heterocycles. The van der Waals surface area contributed by atoms with Gasteiger partial charge in [0.15, 0.2) is 0 Å². The summed E-state index contributed by atoms with van der Waals surface area (Å²) in [5.74, 6) is 0.362. The maximum Gasteiger partial charge on any atom is 0.119 e. The van der Waals surface area contributed by atoms with Crippen LogP contribution in [-0.2, 0) is 6.42 Å². The first kappa shape index (κ1) is 11.5. The van der Waals surface area contributed by atoms with E-state index in [1.807, 2.05) is 44.4 Å². The number of hydrogen-bond acceptors (Lipinski definition) is 2. The van der Waals surface area contributed by atoms with Gasteiger partial charge in [0.1, 0.15) is 5.75 Å². The van der Waals surface area contributed by atoms with Crippen molar-refractivity contribution in [2.24, 2.45) is 0 Å².